The van der Waals surface area contributed by atoms with Gasteiger partial charge in [-0.2, -0.15) is 4.31 Å². The number of sulfonamides is 1. The zero-order valence-corrected chi connectivity index (χ0v) is 16.1. The molecule has 27 heavy (non-hydrogen) atoms. The molecular weight excluding hydrogens is 368 g/mol. The fourth-order valence-corrected chi connectivity index (χ4v) is 3.75. The molecule has 0 spiro atoms. The summed E-state index contributed by atoms with van der Waals surface area (Å²) < 4.78 is 37.6. The van der Waals surface area contributed by atoms with Gasteiger partial charge < -0.3 is 14.8 Å². The summed E-state index contributed by atoms with van der Waals surface area (Å²) in [7, 11) is -2.47. The fraction of sp³-hybridized carbons (Fsp3) is 0.316. The Labute approximate surface area is 158 Å². The highest BCUT2D eigenvalue weighted by molar-refractivity contribution is 7.89. The highest BCUT2D eigenvalue weighted by atomic mass is 32.2. The van der Waals surface area contributed by atoms with Crippen molar-refractivity contribution in [1.82, 2.24) is 4.31 Å². The van der Waals surface area contributed by atoms with Crippen molar-refractivity contribution in [3.63, 3.8) is 0 Å². The topological polar surface area (TPSA) is 84.9 Å². The molecule has 0 saturated carbocycles. The molecule has 0 saturated heterocycles. The van der Waals surface area contributed by atoms with Crippen molar-refractivity contribution in [2.24, 2.45) is 0 Å². The van der Waals surface area contributed by atoms with E-state index in [4.69, 9.17) is 9.47 Å². The molecule has 8 heteroatoms. The molecule has 0 fully saturated rings. The number of nitrogens with one attached hydrogen (secondary N) is 1. The van der Waals surface area contributed by atoms with Crippen LogP contribution < -0.4 is 14.8 Å². The molecule has 0 atom stereocenters. The summed E-state index contributed by atoms with van der Waals surface area (Å²) in [5.74, 6) is 0.497. The smallest absolute Gasteiger partial charge is 0.243 e. The molecule has 7 nitrogen and oxygen atoms in total. The lowest BCUT2D eigenvalue weighted by atomic mass is 10.2. The van der Waals surface area contributed by atoms with Crippen molar-refractivity contribution in [1.29, 1.82) is 0 Å². The summed E-state index contributed by atoms with van der Waals surface area (Å²) in [5, 5.41) is 2.69. The van der Waals surface area contributed by atoms with Crippen LogP contribution in [0.25, 0.3) is 0 Å². The molecule has 0 aromatic heterocycles. The van der Waals surface area contributed by atoms with Gasteiger partial charge in [0.05, 0.1) is 24.7 Å². The number of nitrogens with zero attached hydrogens (tertiary/aromatic N) is 1. The number of carbonyl (C=O) groups excluding carboxylic acids is 1. The standard InChI is InChI=1S/C19H22N2O5S/c1-14-4-6-15(7-5-14)20-19(22)13-21(2)27(23,24)16-8-9-17-18(12-16)26-11-3-10-25-17/h4-9,12H,3,10-11,13H2,1-2H3,(H,20,22). The Kier molecular flexibility index (Phi) is 5.67. The van der Waals surface area contributed by atoms with Gasteiger partial charge in [0.15, 0.2) is 11.5 Å². The maximum Gasteiger partial charge on any atom is 0.243 e. The van der Waals surface area contributed by atoms with Crippen molar-refractivity contribution in [3.05, 3.63) is 48.0 Å². The predicted octanol–water partition coefficient (Wildman–Crippen LogP) is 2.42. The lowest BCUT2D eigenvalue weighted by molar-refractivity contribution is -0.116. The predicted molar refractivity (Wildman–Crippen MR) is 102 cm³/mol. The highest BCUT2D eigenvalue weighted by Gasteiger charge is 2.25. The van der Waals surface area contributed by atoms with E-state index in [-0.39, 0.29) is 11.4 Å². The molecule has 1 N–H and O–H groups in total. The molecule has 2 aromatic carbocycles. The van der Waals surface area contributed by atoms with E-state index in [2.05, 4.69) is 5.32 Å². The van der Waals surface area contributed by atoms with Crippen molar-refractivity contribution in [2.75, 3.05) is 32.1 Å². The van der Waals surface area contributed by atoms with Crippen LogP contribution in [-0.4, -0.2) is 45.4 Å². The first kappa shape index (κ1) is 19.2. The van der Waals surface area contributed by atoms with Crippen molar-refractivity contribution in [2.45, 2.75) is 18.2 Å². The average molecular weight is 390 g/mol. The van der Waals surface area contributed by atoms with Crippen LogP contribution in [-0.2, 0) is 14.8 Å². The Bertz CT molecular complexity index is 926. The number of ether oxygens (including phenoxy) is 2. The molecule has 1 aliphatic heterocycles. The first-order chi connectivity index (χ1) is 12.9. The number of likely N-dealkylation sites (N-methyl/N-ethyl adjacent to an activating group) is 1. The van der Waals surface area contributed by atoms with E-state index in [0.717, 1.165) is 16.3 Å². The van der Waals surface area contributed by atoms with Crippen molar-refractivity contribution in [3.8, 4) is 11.5 Å². The van der Waals surface area contributed by atoms with E-state index in [1.165, 1.54) is 19.2 Å². The summed E-state index contributed by atoms with van der Waals surface area (Å²) in [6, 6.07) is 11.7. The van der Waals surface area contributed by atoms with E-state index < -0.39 is 15.9 Å². The van der Waals surface area contributed by atoms with Crippen LogP contribution in [0.5, 0.6) is 11.5 Å². The van der Waals surface area contributed by atoms with Crippen molar-refractivity contribution < 1.29 is 22.7 Å². The van der Waals surface area contributed by atoms with Crippen LogP contribution in [0, 0.1) is 6.92 Å². The Balaban J connectivity index is 1.71. The normalized spacial score (nSPS) is 13.9. The molecule has 0 aliphatic carbocycles. The van der Waals surface area contributed by atoms with Crippen LogP contribution in [0.3, 0.4) is 0 Å². The van der Waals surface area contributed by atoms with E-state index in [0.29, 0.717) is 30.4 Å². The van der Waals surface area contributed by atoms with Gasteiger partial charge >= 0.3 is 0 Å². The third kappa shape index (κ3) is 4.58. The number of rotatable bonds is 5. The van der Waals surface area contributed by atoms with Gasteiger partial charge in [-0.05, 0) is 31.2 Å². The largest absolute Gasteiger partial charge is 0.490 e. The molecular formula is C19H22N2O5S. The minimum Gasteiger partial charge on any atom is -0.490 e. The average Bonchev–Trinajstić information content (AvgIpc) is 2.88. The third-order valence-electron chi connectivity index (χ3n) is 4.13. The van der Waals surface area contributed by atoms with Gasteiger partial charge in [0.2, 0.25) is 15.9 Å². The van der Waals surface area contributed by atoms with Gasteiger partial charge in [0, 0.05) is 25.2 Å². The Morgan fingerprint density at radius 3 is 2.44 bits per heavy atom. The molecule has 3 rings (SSSR count). The number of amides is 1. The molecule has 0 bridgehead atoms. The van der Waals surface area contributed by atoms with E-state index >= 15 is 0 Å². The zero-order valence-electron chi connectivity index (χ0n) is 15.3. The van der Waals surface area contributed by atoms with Crippen LogP contribution in [0.1, 0.15) is 12.0 Å². The van der Waals surface area contributed by atoms with Crippen LogP contribution in [0.15, 0.2) is 47.4 Å². The number of hydrogen-bond donors (Lipinski definition) is 1. The van der Waals surface area contributed by atoms with Crippen LogP contribution >= 0.6 is 0 Å². The quantitative estimate of drug-likeness (QED) is 0.848. The number of benzene rings is 2. The monoisotopic (exact) mass is 390 g/mol. The molecule has 1 amide bonds. The van der Waals surface area contributed by atoms with Gasteiger partial charge in [0.1, 0.15) is 0 Å². The van der Waals surface area contributed by atoms with Gasteiger partial charge in [0.25, 0.3) is 0 Å². The Morgan fingerprint density at radius 2 is 1.74 bits per heavy atom. The Morgan fingerprint density at radius 1 is 1.07 bits per heavy atom. The first-order valence-corrected chi connectivity index (χ1v) is 10.0. The van der Waals surface area contributed by atoms with Gasteiger partial charge in [-0.1, -0.05) is 17.7 Å². The lowest BCUT2D eigenvalue weighted by Crippen LogP contribution is -2.35. The zero-order chi connectivity index (χ0) is 19.4. The number of carbonyl (C=O) groups is 1. The molecule has 144 valence electrons. The number of fused-ring (bicyclic) bond motifs is 1. The summed E-state index contributed by atoms with van der Waals surface area (Å²) >= 11 is 0. The SMILES string of the molecule is Cc1ccc(NC(=O)CN(C)S(=O)(=O)c2ccc3c(c2)OCCCO3)cc1. The summed E-state index contributed by atoms with van der Waals surface area (Å²) in [6.07, 6.45) is 0.732. The molecule has 0 unspecified atom stereocenters. The molecule has 1 aliphatic rings. The maximum atomic E-state index is 12.8. The van der Waals surface area contributed by atoms with Crippen LogP contribution in [0.4, 0.5) is 5.69 Å². The second-order valence-corrected chi connectivity index (χ2v) is 8.38. The van der Waals surface area contributed by atoms with Crippen LogP contribution in [0.2, 0.25) is 0 Å². The van der Waals surface area contributed by atoms with E-state index in [1.807, 2.05) is 19.1 Å². The summed E-state index contributed by atoms with van der Waals surface area (Å²) in [4.78, 5) is 12.3. The Hall–Kier alpha value is -2.58. The summed E-state index contributed by atoms with van der Waals surface area (Å²) in [6.45, 7) is 2.63. The number of anilines is 1. The van der Waals surface area contributed by atoms with Gasteiger partial charge in [-0.3, -0.25) is 4.79 Å². The van der Waals surface area contributed by atoms with E-state index in [9.17, 15) is 13.2 Å². The third-order valence-corrected chi connectivity index (χ3v) is 5.93. The lowest BCUT2D eigenvalue weighted by Gasteiger charge is -2.18. The minimum absolute atomic E-state index is 0.0531. The molecule has 1 heterocycles. The van der Waals surface area contributed by atoms with Gasteiger partial charge in [-0.15, -0.1) is 0 Å². The molecule has 0 radical (unpaired) electrons. The second kappa shape index (κ2) is 7.98. The number of aryl methyl sites for hydroxylation is 1. The molecule has 2 aromatic rings. The van der Waals surface area contributed by atoms with E-state index in [1.54, 1.807) is 18.2 Å². The van der Waals surface area contributed by atoms with Crippen molar-refractivity contribution >= 4 is 21.6 Å². The fourth-order valence-electron chi connectivity index (χ4n) is 2.61. The minimum atomic E-state index is -3.84. The second-order valence-electron chi connectivity index (χ2n) is 6.33. The summed E-state index contributed by atoms with van der Waals surface area (Å²) in [5.41, 5.74) is 1.69. The maximum absolute atomic E-state index is 12.8. The van der Waals surface area contributed by atoms with Gasteiger partial charge in [-0.25, -0.2) is 8.42 Å². The first-order valence-electron chi connectivity index (χ1n) is 8.59. The highest BCUT2D eigenvalue weighted by Crippen LogP contribution is 2.32. The number of hydrogen-bond acceptors (Lipinski definition) is 5.